The number of para-hydroxylation sites is 1. The van der Waals surface area contributed by atoms with Crippen molar-refractivity contribution in [3.8, 4) is 28.1 Å². The van der Waals surface area contributed by atoms with E-state index >= 15 is 0 Å². The number of carbonyl (C=O) groups is 1. The third-order valence-electron chi connectivity index (χ3n) is 4.03. The maximum absolute atomic E-state index is 12.8. The van der Waals surface area contributed by atoms with Crippen LogP contribution >= 0.6 is 0 Å². The fraction of sp³-hybridized carbons (Fsp3) is 0. The number of ether oxygens (including phenoxy) is 1. The van der Waals surface area contributed by atoms with Crippen molar-refractivity contribution in [1.29, 1.82) is 0 Å². The van der Waals surface area contributed by atoms with Gasteiger partial charge < -0.3 is 4.74 Å². The van der Waals surface area contributed by atoms with Gasteiger partial charge in [-0.05, 0) is 17.7 Å². The summed E-state index contributed by atoms with van der Waals surface area (Å²) in [5.41, 5.74) is 3.62. The maximum atomic E-state index is 12.8. The third-order valence-corrected chi connectivity index (χ3v) is 4.03. The Morgan fingerprint density at radius 3 is 1.88 bits per heavy atom. The molecule has 4 heteroatoms. The van der Waals surface area contributed by atoms with Gasteiger partial charge in [-0.1, -0.05) is 78.9 Å². The average molecular weight is 340 g/mol. The SMILES string of the molecule is O=C(Oc1ccccc1)c1[nH]nc(-c2ccccc2)c1-c1ccccc1. The van der Waals surface area contributed by atoms with E-state index in [9.17, 15) is 4.79 Å². The molecule has 1 aromatic heterocycles. The van der Waals surface area contributed by atoms with Gasteiger partial charge in [0.05, 0.1) is 0 Å². The van der Waals surface area contributed by atoms with Crippen LogP contribution in [0, 0.1) is 0 Å². The number of nitrogens with one attached hydrogen (secondary N) is 1. The van der Waals surface area contributed by atoms with E-state index < -0.39 is 5.97 Å². The molecule has 1 heterocycles. The van der Waals surface area contributed by atoms with E-state index in [0.717, 1.165) is 22.4 Å². The average Bonchev–Trinajstić information content (AvgIpc) is 3.15. The van der Waals surface area contributed by atoms with Crippen molar-refractivity contribution < 1.29 is 9.53 Å². The van der Waals surface area contributed by atoms with E-state index in [1.54, 1.807) is 12.1 Å². The Bertz CT molecular complexity index is 1010. The van der Waals surface area contributed by atoms with Gasteiger partial charge in [-0.2, -0.15) is 5.10 Å². The van der Waals surface area contributed by atoms with E-state index in [2.05, 4.69) is 10.2 Å². The lowest BCUT2D eigenvalue weighted by Gasteiger charge is -2.07. The minimum absolute atomic E-state index is 0.332. The van der Waals surface area contributed by atoms with Crippen LogP contribution in [-0.4, -0.2) is 16.2 Å². The zero-order chi connectivity index (χ0) is 17.8. The summed E-state index contributed by atoms with van der Waals surface area (Å²) in [4.78, 5) is 12.8. The highest BCUT2D eigenvalue weighted by Gasteiger charge is 2.23. The molecular formula is C22H16N2O2. The molecule has 4 rings (SSSR count). The second-order valence-electron chi connectivity index (χ2n) is 5.76. The zero-order valence-corrected chi connectivity index (χ0v) is 13.9. The first kappa shape index (κ1) is 15.8. The van der Waals surface area contributed by atoms with Gasteiger partial charge in [0.15, 0.2) is 5.69 Å². The van der Waals surface area contributed by atoms with Crippen molar-refractivity contribution in [2.75, 3.05) is 0 Å². The standard InChI is InChI=1S/C22H16N2O2/c25-22(26-18-14-8-3-9-15-18)21-19(16-10-4-1-5-11-16)20(23-24-21)17-12-6-2-7-13-17/h1-15H,(H,23,24). The highest BCUT2D eigenvalue weighted by atomic mass is 16.5. The number of benzene rings is 3. The second kappa shape index (κ2) is 7.07. The van der Waals surface area contributed by atoms with Gasteiger partial charge >= 0.3 is 5.97 Å². The first-order valence-corrected chi connectivity index (χ1v) is 8.29. The summed E-state index contributed by atoms with van der Waals surface area (Å²) in [5.74, 6) is 0.0251. The lowest BCUT2D eigenvalue weighted by molar-refractivity contribution is 0.0729. The molecule has 0 atom stereocenters. The Morgan fingerprint density at radius 1 is 0.731 bits per heavy atom. The summed E-state index contributed by atoms with van der Waals surface area (Å²) in [6, 6.07) is 28.5. The molecule has 26 heavy (non-hydrogen) atoms. The number of esters is 1. The van der Waals surface area contributed by atoms with E-state index in [-0.39, 0.29) is 0 Å². The van der Waals surface area contributed by atoms with Crippen LogP contribution < -0.4 is 4.74 Å². The van der Waals surface area contributed by atoms with Crippen LogP contribution in [0.2, 0.25) is 0 Å². The van der Waals surface area contributed by atoms with E-state index in [0.29, 0.717) is 11.4 Å². The van der Waals surface area contributed by atoms with Crippen molar-refractivity contribution in [3.05, 3.63) is 96.7 Å². The number of carbonyl (C=O) groups excluding carboxylic acids is 1. The minimum atomic E-state index is -0.468. The molecule has 4 nitrogen and oxygen atoms in total. The first-order chi connectivity index (χ1) is 12.8. The summed E-state index contributed by atoms with van der Waals surface area (Å²) in [5, 5.41) is 7.27. The second-order valence-corrected chi connectivity index (χ2v) is 5.76. The van der Waals surface area contributed by atoms with Gasteiger partial charge in [-0.25, -0.2) is 4.79 Å². The van der Waals surface area contributed by atoms with Crippen molar-refractivity contribution >= 4 is 5.97 Å². The highest BCUT2D eigenvalue weighted by molar-refractivity contribution is 6.00. The smallest absolute Gasteiger partial charge is 0.362 e. The third kappa shape index (κ3) is 3.13. The normalized spacial score (nSPS) is 10.5. The molecule has 0 spiro atoms. The maximum Gasteiger partial charge on any atom is 0.362 e. The molecule has 0 amide bonds. The van der Waals surface area contributed by atoms with E-state index in [1.165, 1.54) is 0 Å². The number of hydrogen-bond acceptors (Lipinski definition) is 3. The van der Waals surface area contributed by atoms with Crippen molar-refractivity contribution in [2.45, 2.75) is 0 Å². The summed E-state index contributed by atoms with van der Waals surface area (Å²) in [7, 11) is 0. The number of hydrogen-bond donors (Lipinski definition) is 1. The Hall–Kier alpha value is -3.66. The summed E-state index contributed by atoms with van der Waals surface area (Å²) >= 11 is 0. The molecule has 0 aliphatic rings. The van der Waals surface area contributed by atoms with Gasteiger partial charge in [0.1, 0.15) is 11.4 Å². The summed E-state index contributed by atoms with van der Waals surface area (Å²) in [6.07, 6.45) is 0. The minimum Gasteiger partial charge on any atom is -0.422 e. The van der Waals surface area contributed by atoms with Crippen LogP contribution in [0.25, 0.3) is 22.4 Å². The number of aromatic amines is 1. The molecule has 0 bridgehead atoms. The Morgan fingerprint density at radius 2 is 1.27 bits per heavy atom. The Balaban J connectivity index is 1.80. The van der Waals surface area contributed by atoms with Gasteiger partial charge in [-0.15, -0.1) is 0 Å². The number of aromatic nitrogens is 2. The van der Waals surface area contributed by atoms with Crippen molar-refractivity contribution in [3.63, 3.8) is 0 Å². The van der Waals surface area contributed by atoms with Gasteiger partial charge in [-0.3, -0.25) is 5.10 Å². The lowest BCUT2D eigenvalue weighted by atomic mass is 9.99. The van der Waals surface area contributed by atoms with Crippen molar-refractivity contribution in [1.82, 2.24) is 10.2 Å². The molecular weight excluding hydrogens is 324 g/mol. The predicted octanol–water partition coefficient (Wildman–Crippen LogP) is 4.96. The molecule has 0 radical (unpaired) electrons. The van der Waals surface area contributed by atoms with Crippen LogP contribution in [0.4, 0.5) is 0 Å². The van der Waals surface area contributed by atoms with Crippen LogP contribution in [0.3, 0.4) is 0 Å². The molecule has 0 saturated carbocycles. The van der Waals surface area contributed by atoms with Crippen LogP contribution in [0.5, 0.6) is 5.75 Å². The number of nitrogens with zero attached hydrogens (tertiary/aromatic N) is 1. The molecule has 126 valence electrons. The first-order valence-electron chi connectivity index (χ1n) is 8.29. The topological polar surface area (TPSA) is 55.0 Å². The molecule has 0 unspecified atom stereocenters. The molecule has 3 aromatic carbocycles. The van der Waals surface area contributed by atoms with Gasteiger partial charge in [0.25, 0.3) is 0 Å². The quantitative estimate of drug-likeness (QED) is 0.422. The number of H-pyrrole nitrogens is 1. The fourth-order valence-electron chi connectivity index (χ4n) is 2.83. The van der Waals surface area contributed by atoms with Crippen LogP contribution in [0.1, 0.15) is 10.5 Å². The molecule has 4 aromatic rings. The van der Waals surface area contributed by atoms with Crippen LogP contribution in [0.15, 0.2) is 91.0 Å². The summed E-state index contributed by atoms with van der Waals surface area (Å²) < 4.78 is 5.50. The Labute approximate surface area is 151 Å². The van der Waals surface area contributed by atoms with E-state index in [1.807, 2.05) is 78.9 Å². The predicted molar refractivity (Wildman–Crippen MR) is 101 cm³/mol. The molecule has 0 aliphatic heterocycles. The fourth-order valence-corrected chi connectivity index (χ4v) is 2.83. The van der Waals surface area contributed by atoms with E-state index in [4.69, 9.17) is 4.74 Å². The largest absolute Gasteiger partial charge is 0.422 e. The van der Waals surface area contributed by atoms with Crippen LogP contribution in [-0.2, 0) is 0 Å². The van der Waals surface area contributed by atoms with Gasteiger partial charge in [0, 0.05) is 11.1 Å². The van der Waals surface area contributed by atoms with Gasteiger partial charge in [0.2, 0.25) is 0 Å². The van der Waals surface area contributed by atoms with Crippen molar-refractivity contribution in [2.24, 2.45) is 0 Å². The summed E-state index contributed by atoms with van der Waals surface area (Å²) in [6.45, 7) is 0. The zero-order valence-electron chi connectivity index (χ0n) is 13.9. The molecule has 0 aliphatic carbocycles. The molecule has 0 fully saturated rings. The molecule has 0 saturated heterocycles. The lowest BCUT2D eigenvalue weighted by Crippen LogP contribution is -2.10. The Kier molecular flexibility index (Phi) is 4.31. The molecule has 1 N–H and O–H groups in total. The highest BCUT2D eigenvalue weighted by Crippen LogP contribution is 2.33. The number of rotatable bonds is 4. The monoisotopic (exact) mass is 340 g/mol.